The average molecular weight is 275 g/mol. The Bertz CT molecular complexity index is 180. The first-order valence-electron chi connectivity index (χ1n) is 3.42. The molecule has 0 aliphatic rings. The van der Waals surface area contributed by atoms with Gasteiger partial charge in [-0.05, 0) is 20.8 Å². The van der Waals surface area contributed by atoms with Crippen LogP contribution in [0, 0.1) is 0 Å². The topological polar surface area (TPSA) is 146 Å². The van der Waals surface area contributed by atoms with Crippen LogP contribution in [0.25, 0.3) is 0 Å². The van der Waals surface area contributed by atoms with Gasteiger partial charge in [0.05, 0.1) is 5.97 Å². The summed E-state index contributed by atoms with van der Waals surface area (Å²) < 4.78 is 0. The summed E-state index contributed by atoms with van der Waals surface area (Å²) >= 11 is 0. The molecule has 0 aliphatic heterocycles. The Kier molecular flexibility index (Phi) is 55.5. The van der Waals surface area contributed by atoms with E-state index in [-0.39, 0.29) is 88.7 Å². The molecule has 0 aromatic carbocycles. The molecule has 0 aromatic rings. The van der Waals surface area contributed by atoms with E-state index in [0.717, 1.165) is 13.8 Å². The second-order valence-electron chi connectivity index (χ2n) is 2.09. The molecular weight excluding hydrogens is 263 g/mol. The molecule has 0 spiro atoms. The number of hydrogen-bond donors (Lipinski definition) is 1. The zero-order chi connectivity index (χ0) is 12.3. The number of rotatable bonds is 1. The summed E-state index contributed by atoms with van der Waals surface area (Å²) in [5.74, 6) is -3.38. The van der Waals surface area contributed by atoms with Crippen LogP contribution in [0.3, 0.4) is 0 Å². The monoisotopic (exact) mass is 275 g/mol. The van der Waals surface area contributed by atoms with Gasteiger partial charge in [0.2, 0.25) is 0 Å². The van der Waals surface area contributed by atoms with Gasteiger partial charge in [-0.2, -0.15) is 0 Å². The third-order valence-corrected chi connectivity index (χ3v) is 0.372. The summed E-state index contributed by atoms with van der Waals surface area (Å²) in [7, 11) is 0. The van der Waals surface area contributed by atoms with E-state index in [9.17, 15) is 9.90 Å². The second kappa shape index (κ2) is 26.0. The van der Waals surface area contributed by atoms with Gasteiger partial charge in [-0.3, -0.25) is 0 Å². The van der Waals surface area contributed by atoms with E-state index in [4.69, 9.17) is 25.5 Å². The van der Waals surface area contributed by atoms with E-state index in [0.29, 0.717) is 0 Å². The third-order valence-electron chi connectivity index (χ3n) is 0.372. The molecule has 0 radical (unpaired) electrons. The van der Waals surface area contributed by atoms with Crippen molar-refractivity contribution in [2.24, 2.45) is 5.73 Å². The molecule has 0 saturated carbocycles. The Labute approximate surface area is 166 Å². The van der Waals surface area contributed by atoms with E-state index in [1.807, 2.05) is 0 Å². The molecule has 0 bridgehead atoms. The van der Waals surface area contributed by atoms with Gasteiger partial charge in [-0.1, -0.05) is 0 Å². The van der Waals surface area contributed by atoms with Crippen LogP contribution in [-0.4, -0.2) is 23.9 Å². The van der Waals surface area contributed by atoms with Crippen molar-refractivity contribution in [1.29, 1.82) is 0 Å². The maximum atomic E-state index is 9.46. The summed E-state index contributed by atoms with van der Waals surface area (Å²) in [6, 6.07) is -0.843. The molecule has 0 amide bonds. The third kappa shape index (κ3) is 142. The minimum atomic E-state index is -1.21. The van der Waals surface area contributed by atoms with Gasteiger partial charge in [0.25, 0.3) is 0 Å². The molecular formula is C7H12NNa3O6. The largest absolute Gasteiger partial charge is 1.00 e. The van der Waals surface area contributed by atoms with Gasteiger partial charge in [0.1, 0.15) is 0 Å². The Morgan fingerprint density at radius 3 is 0.941 bits per heavy atom. The van der Waals surface area contributed by atoms with E-state index in [1.165, 1.54) is 6.92 Å². The van der Waals surface area contributed by atoms with Crippen molar-refractivity contribution in [3.8, 4) is 0 Å². The number of carboxylic acids is 3. The molecule has 17 heavy (non-hydrogen) atoms. The van der Waals surface area contributed by atoms with Gasteiger partial charge in [0.15, 0.2) is 0 Å². The van der Waals surface area contributed by atoms with Gasteiger partial charge in [0, 0.05) is 18.0 Å². The zero-order valence-electron chi connectivity index (χ0n) is 11.1. The van der Waals surface area contributed by atoms with Gasteiger partial charge < -0.3 is 35.4 Å². The maximum Gasteiger partial charge on any atom is 1.00 e. The number of carbonyl (C=O) groups is 3. The van der Waals surface area contributed by atoms with Crippen molar-refractivity contribution in [2.75, 3.05) is 0 Å². The quantitative estimate of drug-likeness (QED) is 0.467. The number of carbonyl (C=O) groups excluding carboxylic acids is 3. The van der Waals surface area contributed by atoms with Crippen molar-refractivity contribution in [1.82, 2.24) is 0 Å². The number of nitrogens with two attached hydrogens (primary N) is 1. The molecule has 84 valence electrons. The Balaban J connectivity index is -0.0000000252. The average Bonchev–Trinajstić information content (AvgIpc) is 1.83. The smallest absolute Gasteiger partial charge is 0.550 e. The van der Waals surface area contributed by atoms with Crippen molar-refractivity contribution >= 4 is 17.9 Å². The van der Waals surface area contributed by atoms with Crippen LogP contribution in [0.1, 0.15) is 20.8 Å². The van der Waals surface area contributed by atoms with Gasteiger partial charge in [-0.15, -0.1) is 0 Å². The molecule has 0 rings (SSSR count). The molecule has 1 atom stereocenters. The fourth-order valence-corrected chi connectivity index (χ4v) is 0. The van der Waals surface area contributed by atoms with Crippen LogP contribution in [0.15, 0.2) is 0 Å². The normalized spacial score (nSPS) is 7.76. The molecule has 0 saturated heterocycles. The fraction of sp³-hybridized carbons (Fsp3) is 0.571. The fourth-order valence-electron chi connectivity index (χ4n) is 0. The summed E-state index contributed by atoms with van der Waals surface area (Å²) in [6.07, 6.45) is 0. The number of carboxylic acid groups (broad SMARTS) is 3. The van der Waals surface area contributed by atoms with E-state index >= 15 is 0 Å². The number of aliphatic carboxylic acids is 3. The van der Waals surface area contributed by atoms with E-state index in [1.54, 1.807) is 0 Å². The number of hydrogen-bond acceptors (Lipinski definition) is 7. The molecule has 0 heterocycles. The Hall–Kier alpha value is 1.37. The van der Waals surface area contributed by atoms with Crippen LogP contribution in [-0.2, 0) is 14.4 Å². The summed E-state index contributed by atoms with van der Waals surface area (Å²) in [5.41, 5.74) is 4.77. The van der Waals surface area contributed by atoms with Crippen molar-refractivity contribution < 1.29 is 118 Å². The van der Waals surface area contributed by atoms with E-state index in [2.05, 4.69) is 0 Å². The molecule has 2 N–H and O–H groups in total. The van der Waals surface area contributed by atoms with Crippen LogP contribution in [0.2, 0.25) is 0 Å². The van der Waals surface area contributed by atoms with E-state index < -0.39 is 23.9 Å². The molecule has 0 aromatic heterocycles. The first-order valence-corrected chi connectivity index (χ1v) is 3.42. The zero-order valence-corrected chi connectivity index (χ0v) is 17.1. The Morgan fingerprint density at radius 2 is 0.941 bits per heavy atom. The second-order valence-corrected chi connectivity index (χ2v) is 2.09. The van der Waals surface area contributed by atoms with Crippen LogP contribution < -0.4 is 110 Å². The Morgan fingerprint density at radius 1 is 0.882 bits per heavy atom. The van der Waals surface area contributed by atoms with Gasteiger partial charge >= 0.3 is 88.7 Å². The molecule has 7 nitrogen and oxygen atoms in total. The summed E-state index contributed by atoms with van der Waals surface area (Å²) in [5, 5.41) is 27.2. The van der Waals surface area contributed by atoms with Crippen molar-refractivity contribution in [3.63, 3.8) is 0 Å². The van der Waals surface area contributed by atoms with Crippen LogP contribution in [0.5, 0.6) is 0 Å². The molecule has 0 fully saturated rings. The molecule has 0 unspecified atom stereocenters. The molecule has 10 heteroatoms. The van der Waals surface area contributed by atoms with Crippen molar-refractivity contribution in [2.45, 2.75) is 26.8 Å². The minimum absolute atomic E-state index is 0. The van der Waals surface area contributed by atoms with Crippen molar-refractivity contribution in [3.05, 3.63) is 0 Å². The predicted molar refractivity (Wildman–Crippen MR) is 40.0 cm³/mol. The summed E-state index contributed by atoms with van der Waals surface area (Å²) in [4.78, 5) is 27.2. The summed E-state index contributed by atoms with van der Waals surface area (Å²) in [6.45, 7) is 3.30. The SMILES string of the molecule is CC(=O)[O-].CC(=O)[O-].C[C@H](N)C(=O)[O-].[Na+].[Na+].[Na+]. The maximum absolute atomic E-state index is 9.46. The first-order chi connectivity index (χ1) is 6.11. The van der Waals surface area contributed by atoms with Gasteiger partial charge in [-0.25, -0.2) is 0 Å². The van der Waals surface area contributed by atoms with Crippen LogP contribution >= 0.6 is 0 Å². The predicted octanol–water partition coefficient (Wildman–Crippen LogP) is -13.4. The minimum Gasteiger partial charge on any atom is -0.550 e. The first kappa shape index (κ1) is 36.2. The molecule has 0 aliphatic carbocycles. The van der Waals surface area contributed by atoms with Crippen LogP contribution in [0.4, 0.5) is 0 Å². The standard InChI is InChI=1S/C3H7NO2.2C2H4O2.3Na/c1-2(4)3(5)6;2*1-2(3)4;;;/h2H,4H2,1H3,(H,5,6);2*1H3,(H,3,4);;;/q;;;3*+1/p-3/t2-;;;;;/m0...../s1.